The third-order valence-corrected chi connectivity index (χ3v) is 5.48. The molecule has 1 spiro atoms. The van der Waals surface area contributed by atoms with Gasteiger partial charge in [0.2, 0.25) is 0 Å². The van der Waals surface area contributed by atoms with Crippen molar-refractivity contribution in [2.75, 3.05) is 13.1 Å². The number of hydrogen-bond acceptors (Lipinski definition) is 3. The van der Waals surface area contributed by atoms with Gasteiger partial charge in [-0.05, 0) is 32.3 Å². The number of aryl methyl sites for hydroxylation is 2. The summed E-state index contributed by atoms with van der Waals surface area (Å²) in [6, 6.07) is 2.90. The van der Waals surface area contributed by atoms with Gasteiger partial charge in [0.25, 0.3) is 0 Å². The first kappa shape index (κ1) is 15.0. The molecule has 4 nitrogen and oxygen atoms in total. The summed E-state index contributed by atoms with van der Waals surface area (Å²) in [6.45, 7) is 7.79. The van der Waals surface area contributed by atoms with Gasteiger partial charge in [0, 0.05) is 38.3 Å². The van der Waals surface area contributed by atoms with Crippen molar-refractivity contribution in [3.05, 3.63) is 17.5 Å². The molecule has 0 aromatic carbocycles. The minimum atomic E-state index is 0.386. The molecule has 1 aliphatic carbocycles. The molecule has 3 rings (SSSR count). The fraction of sp³-hybridized carbons (Fsp3) is 0.824. The van der Waals surface area contributed by atoms with E-state index in [0.29, 0.717) is 11.6 Å². The standard InChI is InChI=1S/C17H30N4/c1-4-15-11-18-17(8-6-5-7-9-17)13-21(15)12-16-10-14(2)19-20(16)3/h10,15,18H,4-9,11-13H2,1-3H3. The second-order valence-corrected chi connectivity index (χ2v) is 7.09. The maximum atomic E-state index is 4.51. The lowest BCUT2D eigenvalue weighted by molar-refractivity contribution is 0.0468. The Bertz CT molecular complexity index is 473. The molecule has 1 atom stereocenters. The highest BCUT2D eigenvalue weighted by Gasteiger charge is 2.39. The Morgan fingerprint density at radius 2 is 2.10 bits per heavy atom. The van der Waals surface area contributed by atoms with E-state index in [4.69, 9.17) is 0 Å². The van der Waals surface area contributed by atoms with Crippen LogP contribution >= 0.6 is 0 Å². The molecule has 1 unspecified atom stereocenters. The monoisotopic (exact) mass is 290 g/mol. The first-order valence-electron chi connectivity index (χ1n) is 8.60. The van der Waals surface area contributed by atoms with Crippen LogP contribution in [0.25, 0.3) is 0 Å². The Balaban J connectivity index is 1.74. The lowest BCUT2D eigenvalue weighted by atomic mass is 9.79. The summed E-state index contributed by atoms with van der Waals surface area (Å²) in [5.41, 5.74) is 2.86. The summed E-state index contributed by atoms with van der Waals surface area (Å²) in [5, 5.41) is 8.41. The van der Waals surface area contributed by atoms with Gasteiger partial charge in [0.15, 0.2) is 0 Å². The second-order valence-electron chi connectivity index (χ2n) is 7.09. The van der Waals surface area contributed by atoms with Gasteiger partial charge in [0.1, 0.15) is 0 Å². The van der Waals surface area contributed by atoms with Crippen LogP contribution in [-0.2, 0) is 13.6 Å². The Kier molecular flexibility index (Phi) is 4.36. The maximum Gasteiger partial charge on any atom is 0.0597 e. The normalized spacial score (nSPS) is 26.3. The van der Waals surface area contributed by atoms with E-state index in [2.05, 4.69) is 47.0 Å². The Hall–Kier alpha value is -0.870. The molecule has 1 aliphatic heterocycles. The van der Waals surface area contributed by atoms with Crippen LogP contribution in [0.15, 0.2) is 6.07 Å². The number of rotatable bonds is 3. The number of aromatic nitrogens is 2. The van der Waals surface area contributed by atoms with E-state index in [0.717, 1.165) is 18.8 Å². The fourth-order valence-electron chi connectivity index (χ4n) is 4.21. The molecular formula is C17H30N4. The van der Waals surface area contributed by atoms with E-state index < -0.39 is 0 Å². The van der Waals surface area contributed by atoms with Gasteiger partial charge in [-0.1, -0.05) is 26.2 Å². The topological polar surface area (TPSA) is 33.1 Å². The molecule has 0 bridgehead atoms. The van der Waals surface area contributed by atoms with Gasteiger partial charge in [-0.25, -0.2) is 0 Å². The zero-order chi connectivity index (χ0) is 14.9. The van der Waals surface area contributed by atoms with E-state index in [-0.39, 0.29) is 0 Å². The van der Waals surface area contributed by atoms with Crippen molar-refractivity contribution in [2.24, 2.45) is 7.05 Å². The Morgan fingerprint density at radius 3 is 2.71 bits per heavy atom. The van der Waals surface area contributed by atoms with Gasteiger partial charge >= 0.3 is 0 Å². The molecule has 1 saturated heterocycles. The molecular weight excluding hydrogens is 260 g/mol. The lowest BCUT2D eigenvalue weighted by Gasteiger charge is -2.49. The summed E-state index contributed by atoms with van der Waals surface area (Å²) >= 11 is 0. The van der Waals surface area contributed by atoms with Crippen molar-refractivity contribution in [3.8, 4) is 0 Å². The van der Waals surface area contributed by atoms with Crippen molar-refractivity contribution < 1.29 is 0 Å². The van der Waals surface area contributed by atoms with E-state index in [1.807, 2.05) is 0 Å². The van der Waals surface area contributed by atoms with E-state index in [9.17, 15) is 0 Å². The molecule has 4 heteroatoms. The zero-order valence-electron chi connectivity index (χ0n) is 13.9. The molecule has 1 aromatic rings. The predicted molar refractivity (Wildman–Crippen MR) is 86.3 cm³/mol. The molecule has 21 heavy (non-hydrogen) atoms. The third-order valence-electron chi connectivity index (χ3n) is 5.48. The molecule has 0 radical (unpaired) electrons. The van der Waals surface area contributed by atoms with Gasteiger partial charge in [-0.3, -0.25) is 9.58 Å². The first-order chi connectivity index (χ1) is 10.1. The summed E-state index contributed by atoms with van der Waals surface area (Å²) in [4.78, 5) is 2.71. The largest absolute Gasteiger partial charge is 0.308 e. The number of nitrogens with one attached hydrogen (secondary N) is 1. The van der Waals surface area contributed by atoms with E-state index in [1.54, 1.807) is 0 Å². The molecule has 2 heterocycles. The molecule has 1 saturated carbocycles. The smallest absolute Gasteiger partial charge is 0.0597 e. The minimum absolute atomic E-state index is 0.386. The van der Waals surface area contributed by atoms with Gasteiger partial charge in [-0.2, -0.15) is 5.10 Å². The summed E-state index contributed by atoms with van der Waals surface area (Å²) in [6.07, 6.45) is 8.13. The molecule has 118 valence electrons. The number of hydrogen-bond donors (Lipinski definition) is 1. The minimum Gasteiger partial charge on any atom is -0.308 e. The number of piperazine rings is 1. The first-order valence-corrected chi connectivity index (χ1v) is 8.60. The quantitative estimate of drug-likeness (QED) is 0.929. The number of nitrogens with zero attached hydrogens (tertiary/aromatic N) is 3. The SMILES string of the molecule is CCC1CNC2(CCCCC2)CN1Cc1cc(C)nn1C. The van der Waals surface area contributed by atoms with Crippen molar-refractivity contribution >= 4 is 0 Å². The third kappa shape index (κ3) is 3.16. The van der Waals surface area contributed by atoms with Crippen molar-refractivity contribution in [1.82, 2.24) is 20.0 Å². The molecule has 1 aromatic heterocycles. The predicted octanol–water partition coefficient (Wildman–Crippen LogP) is 2.62. The maximum absolute atomic E-state index is 4.51. The van der Waals surface area contributed by atoms with Gasteiger partial charge in [-0.15, -0.1) is 0 Å². The van der Waals surface area contributed by atoms with E-state index >= 15 is 0 Å². The van der Waals surface area contributed by atoms with Crippen LogP contribution in [0.4, 0.5) is 0 Å². The fourth-order valence-corrected chi connectivity index (χ4v) is 4.21. The molecule has 2 aliphatic rings. The van der Waals surface area contributed by atoms with Crippen molar-refractivity contribution in [2.45, 2.75) is 70.5 Å². The van der Waals surface area contributed by atoms with Crippen LogP contribution in [-0.4, -0.2) is 39.4 Å². The lowest BCUT2D eigenvalue weighted by Crippen LogP contribution is -2.64. The molecule has 0 amide bonds. The van der Waals surface area contributed by atoms with Crippen molar-refractivity contribution in [3.63, 3.8) is 0 Å². The van der Waals surface area contributed by atoms with Crippen LogP contribution in [0.1, 0.15) is 56.8 Å². The van der Waals surface area contributed by atoms with Crippen LogP contribution in [0.5, 0.6) is 0 Å². The van der Waals surface area contributed by atoms with Crippen molar-refractivity contribution in [1.29, 1.82) is 0 Å². The highest BCUT2D eigenvalue weighted by Crippen LogP contribution is 2.32. The van der Waals surface area contributed by atoms with Crippen LogP contribution in [0.3, 0.4) is 0 Å². The molecule has 1 N–H and O–H groups in total. The van der Waals surface area contributed by atoms with Crippen LogP contribution in [0, 0.1) is 6.92 Å². The highest BCUT2D eigenvalue weighted by atomic mass is 15.3. The second kappa shape index (κ2) is 6.09. The summed E-state index contributed by atoms with van der Waals surface area (Å²) < 4.78 is 2.05. The van der Waals surface area contributed by atoms with Gasteiger partial charge in [0.05, 0.1) is 11.4 Å². The zero-order valence-corrected chi connectivity index (χ0v) is 13.9. The highest BCUT2D eigenvalue weighted by molar-refractivity contribution is 5.10. The summed E-state index contributed by atoms with van der Waals surface area (Å²) in [7, 11) is 2.07. The van der Waals surface area contributed by atoms with Gasteiger partial charge < -0.3 is 5.32 Å². The Labute approximate surface area is 128 Å². The average molecular weight is 290 g/mol. The van der Waals surface area contributed by atoms with Crippen LogP contribution in [0.2, 0.25) is 0 Å². The Morgan fingerprint density at radius 1 is 1.33 bits per heavy atom. The van der Waals surface area contributed by atoms with E-state index in [1.165, 1.54) is 50.8 Å². The molecule has 2 fully saturated rings. The summed E-state index contributed by atoms with van der Waals surface area (Å²) in [5.74, 6) is 0. The average Bonchev–Trinajstić information content (AvgIpc) is 2.78. The van der Waals surface area contributed by atoms with Crippen LogP contribution < -0.4 is 5.32 Å².